The van der Waals surface area contributed by atoms with Crippen LogP contribution in [0.15, 0.2) is 17.0 Å². The molecule has 106 valence electrons. The molecule has 0 atom stereocenters. The number of nitrogens with one attached hydrogen (secondary N) is 1. The van der Waals surface area contributed by atoms with Crippen LogP contribution in [0.1, 0.15) is 32.6 Å². The van der Waals surface area contributed by atoms with Crippen molar-refractivity contribution in [2.24, 2.45) is 0 Å². The molecule has 1 aromatic carbocycles. The molecule has 0 aromatic heterocycles. The molecule has 19 heavy (non-hydrogen) atoms. The summed E-state index contributed by atoms with van der Waals surface area (Å²) in [4.78, 5) is -0.732. The molecule has 7 heteroatoms. The number of hydrogen-bond acceptors (Lipinski definition) is 3. The smallest absolute Gasteiger partial charge is 0.244 e. The molecule has 0 radical (unpaired) electrons. The van der Waals surface area contributed by atoms with Crippen molar-refractivity contribution in [1.82, 2.24) is 4.72 Å². The van der Waals surface area contributed by atoms with Crippen molar-refractivity contribution in [3.8, 4) is 0 Å². The molecule has 1 saturated carbocycles. The Bertz CT molecular complexity index is 592. The van der Waals surface area contributed by atoms with Gasteiger partial charge in [-0.15, -0.1) is 0 Å². The largest absolute Gasteiger partial charge is 0.399 e. The van der Waals surface area contributed by atoms with Crippen LogP contribution >= 0.6 is 0 Å². The van der Waals surface area contributed by atoms with E-state index in [-0.39, 0.29) is 5.69 Å². The van der Waals surface area contributed by atoms with Gasteiger partial charge in [0.2, 0.25) is 10.0 Å². The Morgan fingerprint density at radius 2 is 2.00 bits per heavy atom. The van der Waals surface area contributed by atoms with Crippen LogP contribution < -0.4 is 10.5 Å². The summed E-state index contributed by atoms with van der Waals surface area (Å²) in [6, 6.07) is 1.69. The van der Waals surface area contributed by atoms with Gasteiger partial charge in [0, 0.05) is 11.2 Å². The maximum Gasteiger partial charge on any atom is 0.244 e. The first-order valence-corrected chi connectivity index (χ1v) is 7.56. The lowest BCUT2D eigenvalue weighted by molar-refractivity contribution is 0.213. The summed E-state index contributed by atoms with van der Waals surface area (Å²) in [5.41, 5.74) is 4.71. The van der Waals surface area contributed by atoms with Gasteiger partial charge in [0.1, 0.15) is 4.90 Å². The second-order valence-corrected chi connectivity index (χ2v) is 6.56. The van der Waals surface area contributed by atoms with Crippen molar-refractivity contribution >= 4 is 15.7 Å². The lowest BCUT2D eigenvalue weighted by Gasteiger charge is -2.41. The summed E-state index contributed by atoms with van der Waals surface area (Å²) in [6.07, 6.45) is 2.94. The van der Waals surface area contributed by atoms with Crippen LogP contribution in [0.25, 0.3) is 0 Å². The summed E-state index contributed by atoms with van der Waals surface area (Å²) in [5, 5.41) is 0. The second-order valence-electron chi connectivity index (χ2n) is 4.91. The molecule has 0 saturated heterocycles. The lowest BCUT2D eigenvalue weighted by Crippen LogP contribution is -2.52. The molecule has 0 bridgehead atoms. The van der Waals surface area contributed by atoms with Gasteiger partial charge >= 0.3 is 0 Å². The van der Waals surface area contributed by atoms with Crippen molar-refractivity contribution in [2.75, 3.05) is 5.73 Å². The summed E-state index contributed by atoms with van der Waals surface area (Å²) < 4.78 is 53.6. The van der Waals surface area contributed by atoms with Gasteiger partial charge in [0.05, 0.1) is 0 Å². The first-order valence-electron chi connectivity index (χ1n) is 6.08. The highest BCUT2D eigenvalue weighted by Crippen LogP contribution is 2.36. The molecule has 1 aromatic rings. The Morgan fingerprint density at radius 3 is 2.47 bits per heavy atom. The first-order chi connectivity index (χ1) is 8.80. The molecular weight excluding hydrogens is 274 g/mol. The fraction of sp³-hybridized carbons (Fsp3) is 0.500. The number of benzene rings is 1. The first kappa shape index (κ1) is 14.2. The third-order valence-corrected chi connectivity index (χ3v) is 5.22. The van der Waals surface area contributed by atoms with E-state index < -0.39 is 32.1 Å². The highest BCUT2D eigenvalue weighted by molar-refractivity contribution is 7.89. The lowest BCUT2D eigenvalue weighted by atomic mass is 9.76. The molecule has 1 aliphatic carbocycles. The Morgan fingerprint density at radius 1 is 1.37 bits per heavy atom. The quantitative estimate of drug-likeness (QED) is 0.835. The highest BCUT2D eigenvalue weighted by atomic mass is 32.2. The van der Waals surface area contributed by atoms with E-state index >= 15 is 0 Å². The van der Waals surface area contributed by atoms with E-state index in [1.165, 1.54) is 0 Å². The Labute approximate surface area is 111 Å². The maximum absolute atomic E-state index is 13.6. The van der Waals surface area contributed by atoms with Gasteiger partial charge in [0.15, 0.2) is 11.6 Å². The SMILES string of the molecule is CCC1(NS(=O)(=O)c2cc(N)cc(F)c2F)CCC1. The molecule has 0 spiro atoms. The molecule has 0 unspecified atom stereocenters. The van der Waals surface area contributed by atoms with E-state index in [0.29, 0.717) is 19.3 Å². The van der Waals surface area contributed by atoms with E-state index in [1.54, 1.807) is 0 Å². The third-order valence-electron chi connectivity index (χ3n) is 3.64. The summed E-state index contributed by atoms with van der Waals surface area (Å²) >= 11 is 0. The molecule has 1 fully saturated rings. The zero-order valence-corrected chi connectivity index (χ0v) is 11.4. The van der Waals surface area contributed by atoms with Crippen molar-refractivity contribution in [2.45, 2.75) is 43.0 Å². The molecule has 4 nitrogen and oxygen atoms in total. The highest BCUT2D eigenvalue weighted by Gasteiger charge is 2.40. The van der Waals surface area contributed by atoms with Gasteiger partial charge in [-0.1, -0.05) is 6.92 Å². The van der Waals surface area contributed by atoms with Crippen molar-refractivity contribution < 1.29 is 17.2 Å². The summed E-state index contributed by atoms with van der Waals surface area (Å²) in [6.45, 7) is 1.86. The van der Waals surface area contributed by atoms with Crippen LogP contribution in [0.2, 0.25) is 0 Å². The molecule has 3 N–H and O–H groups in total. The molecule has 0 aliphatic heterocycles. The zero-order chi connectivity index (χ0) is 14.3. The standard InChI is InChI=1S/C12H16F2N2O2S/c1-2-12(4-3-5-12)16-19(17,18)10-7-8(15)6-9(13)11(10)14/h6-7,16H,2-5,15H2,1H3. The minimum absolute atomic E-state index is 0.126. The van der Waals surface area contributed by atoms with E-state index in [1.807, 2.05) is 6.92 Å². The van der Waals surface area contributed by atoms with Crippen LogP contribution in [0.5, 0.6) is 0 Å². The Kier molecular flexibility index (Phi) is 3.53. The monoisotopic (exact) mass is 290 g/mol. The molecular formula is C12H16F2N2O2S. The number of sulfonamides is 1. The van der Waals surface area contributed by atoms with Crippen molar-refractivity contribution in [3.05, 3.63) is 23.8 Å². The fourth-order valence-electron chi connectivity index (χ4n) is 2.25. The summed E-state index contributed by atoms with van der Waals surface area (Å²) in [7, 11) is -4.11. The average Bonchev–Trinajstić information content (AvgIpc) is 2.28. The topological polar surface area (TPSA) is 72.2 Å². The summed E-state index contributed by atoms with van der Waals surface area (Å²) in [5.74, 6) is -2.66. The van der Waals surface area contributed by atoms with Gasteiger partial charge in [-0.2, -0.15) is 0 Å². The number of anilines is 1. The van der Waals surface area contributed by atoms with E-state index in [9.17, 15) is 17.2 Å². The number of nitrogen functional groups attached to an aromatic ring is 1. The van der Waals surface area contributed by atoms with Crippen LogP contribution in [0, 0.1) is 11.6 Å². The maximum atomic E-state index is 13.6. The number of rotatable bonds is 4. The van der Waals surface area contributed by atoms with E-state index in [0.717, 1.165) is 18.6 Å². The molecule has 1 aliphatic rings. The van der Waals surface area contributed by atoms with Crippen LogP contribution in [0.4, 0.5) is 14.5 Å². The van der Waals surface area contributed by atoms with Crippen molar-refractivity contribution in [1.29, 1.82) is 0 Å². The number of nitrogens with two attached hydrogens (primary N) is 1. The van der Waals surface area contributed by atoms with Crippen LogP contribution in [0.3, 0.4) is 0 Å². The third kappa shape index (κ3) is 2.57. The number of hydrogen-bond donors (Lipinski definition) is 2. The minimum atomic E-state index is -4.11. The van der Waals surface area contributed by atoms with Gasteiger partial charge in [0.25, 0.3) is 0 Å². The van der Waals surface area contributed by atoms with Gasteiger partial charge in [-0.05, 0) is 37.8 Å². The minimum Gasteiger partial charge on any atom is -0.399 e. The predicted molar refractivity (Wildman–Crippen MR) is 68.0 cm³/mol. The van der Waals surface area contributed by atoms with E-state index in [4.69, 9.17) is 5.73 Å². The van der Waals surface area contributed by atoms with Crippen LogP contribution in [-0.4, -0.2) is 14.0 Å². The predicted octanol–water partition coefficient (Wildman–Crippen LogP) is 2.16. The Balaban J connectivity index is 2.40. The second kappa shape index (κ2) is 4.72. The van der Waals surface area contributed by atoms with Crippen molar-refractivity contribution in [3.63, 3.8) is 0 Å². The fourth-order valence-corrected chi connectivity index (χ4v) is 3.90. The van der Waals surface area contributed by atoms with E-state index in [2.05, 4.69) is 4.72 Å². The Hall–Kier alpha value is -1.21. The van der Waals surface area contributed by atoms with Gasteiger partial charge in [-0.3, -0.25) is 0 Å². The average molecular weight is 290 g/mol. The molecule has 0 heterocycles. The normalized spacial score (nSPS) is 18.1. The van der Waals surface area contributed by atoms with Gasteiger partial charge in [-0.25, -0.2) is 21.9 Å². The zero-order valence-electron chi connectivity index (χ0n) is 10.5. The van der Waals surface area contributed by atoms with Crippen LogP contribution in [-0.2, 0) is 10.0 Å². The number of halogens is 2. The molecule has 0 amide bonds. The molecule has 2 rings (SSSR count). The van der Waals surface area contributed by atoms with Gasteiger partial charge < -0.3 is 5.73 Å².